The van der Waals surface area contributed by atoms with Gasteiger partial charge in [-0.05, 0) is 40.0 Å². The van der Waals surface area contributed by atoms with E-state index in [0.29, 0.717) is 32.7 Å². The van der Waals surface area contributed by atoms with Gasteiger partial charge in [-0.1, -0.05) is 16.9 Å². The summed E-state index contributed by atoms with van der Waals surface area (Å²) in [7, 11) is 1.66. The number of carboxylic acids is 1. The van der Waals surface area contributed by atoms with E-state index in [9.17, 15) is 14.7 Å². The Kier molecular flexibility index (Phi) is 7.91. The molecule has 1 aromatic heterocycles. The molecule has 1 spiro atoms. The Morgan fingerprint density at radius 1 is 1.33 bits per heavy atom. The van der Waals surface area contributed by atoms with Crippen LogP contribution in [0.25, 0.3) is 0 Å². The number of ether oxygens (including phenoxy) is 4. The number of methoxy groups -OCH3 is 1. The number of likely N-dealkylation sites (tertiary alicyclic amines) is 1. The molecule has 4 fully saturated rings. The Morgan fingerprint density at radius 2 is 2.06 bits per heavy atom. The molecule has 36 heavy (non-hydrogen) atoms. The fourth-order valence-electron chi connectivity index (χ4n) is 5.85. The van der Waals surface area contributed by atoms with E-state index >= 15 is 0 Å². The number of epoxide rings is 2. The van der Waals surface area contributed by atoms with Gasteiger partial charge in [0.15, 0.2) is 0 Å². The minimum absolute atomic E-state index is 0. The van der Waals surface area contributed by atoms with Crippen LogP contribution in [0.5, 0.6) is 0 Å². The van der Waals surface area contributed by atoms with Gasteiger partial charge in [-0.2, -0.15) is 0 Å². The van der Waals surface area contributed by atoms with Crippen LogP contribution in [0.15, 0.2) is 17.8 Å². The van der Waals surface area contributed by atoms with Crippen molar-refractivity contribution in [1.82, 2.24) is 19.9 Å². The van der Waals surface area contributed by atoms with Crippen LogP contribution in [-0.2, 0) is 25.5 Å². The predicted octanol–water partition coefficient (Wildman–Crippen LogP) is -2.21. The van der Waals surface area contributed by atoms with Crippen LogP contribution in [-0.4, -0.2) is 88.3 Å². The summed E-state index contributed by atoms with van der Waals surface area (Å²) in [4.78, 5) is 25.4. The number of hydrogen-bond donors (Lipinski definition) is 0. The van der Waals surface area contributed by atoms with Crippen LogP contribution in [0.4, 0.5) is 4.79 Å². The third-order valence-electron chi connectivity index (χ3n) is 7.90. The molecule has 3 aliphatic heterocycles. The second-order valence-corrected chi connectivity index (χ2v) is 10.7. The van der Waals surface area contributed by atoms with Crippen molar-refractivity contribution < 1.29 is 63.2 Å². The summed E-state index contributed by atoms with van der Waals surface area (Å²) in [5.74, 6) is -1.23. The van der Waals surface area contributed by atoms with Gasteiger partial charge in [0.1, 0.15) is 29.1 Å². The minimum Gasteiger partial charge on any atom is -0.543 e. The van der Waals surface area contributed by atoms with Crippen molar-refractivity contribution in [3.05, 3.63) is 23.5 Å². The van der Waals surface area contributed by atoms with E-state index in [1.165, 1.54) is 16.5 Å². The van der Waals surface area contributed by atoms with Crippen molar-refractivity contribution in [2.24, 2.45) is 11.8 Å². The van der Waals surface area contributed by atoms with Gasteiger partial charge >= 0.3 is 35.7 Å². The molecule has 5 rings (SSSR count). The molecule has 3 saturated heterocycles. The predicted molar refractivity (Wildman–Crippen MR) is 119 cm³/mol. The number of aromatic nitrogens is 3. The van der Waals surface area contributed by atoms with E-state index < -0.39 is 5.97 Å². The fraction of sp³-hybridized carbons (Fsp3) is 0.750. The van der Waals surface area contributed by atoms with Crippen molar-refractivity contribution in [2.75, 3.05) is 26.8 Å². The molecule has 1 aliphatic carbocycles. The average molecular weight is 513 g/mol. The van der Waals surface area contributed by atoms with E-state index in [0.717, 1.165) is 12.8 Å². The summed E-state index contributed by atoms with van der Waals surface area (Å²) in [5, 5.41) is 18.2. The zero-order valence-corrected chi connectivity index (χ0v) is 23.6. The number of carbonyl (C=O) groups excluding carboxylic acids is 2. The number of aromatic carboxylic acids is 1. The maximum atomic E-state index is 12.9. The van der Waals surface area contributed by atoms with Crippen molar-refractivity contribution >= 4 is 12.1 Å². The number of nitrogens with zero attached hydrogens (tertiary/aromatic N) is 4. The summed E-state index contributed by atoms with van der Waals surface area (Å²) in [6.45, 7) is 8.45. The van der Waals surface area contributed by atoms with E-state index in [1.807, 2.05) is 0 Å². The molecule has 1 amide bonds. The zero-order chi connectivity index (χ0) is 25.0. The maximum absolute atomic E-state index is 12.9. The van der Waals surface area contributed by atoms with Crippen LogP contribution >= 0.6 is 0 Å². The van der Waals surface area contributed by atoms with E-state index in [1.54, 1.807) is 12.0 Å². The second-order valence-electron chi connectivity index (χ2n) is 10.7. The van der Waals surface area contributed by atoms with Gasteiger partial charge in [0.2, 0.25) is 0 Å². The maximum Gasteiger partial charge on any atom is 1.00 e. The largest absolute Gasteiger partial charge is 1.00 e. The quantitative estimate of drug-likeness (QED) is 0.216. The molecule has 12 heteroatoms. The number of rotatable bonds is 8. The molecule has 0 aromatic carbocycles. The third-order valence-corrected chi connectivity index (χ3v) is 7.90. The van der Waals surface area contributed by atoms with Gasteiger partial charge in [-0.3, -0.25) is 4.68 Å². The molecule has 0 radical (unpaired) electrons. The molecule has 0 bridgehead atoms. The molecule has 0 N–H and O–H groups in total. The van der Waals surface area contributed by atoms with Crippen molar-refractivity contribution in [3.63, 3.8) is 0 Å². The summed E-state index contributed by atoms with van der Waals surface area (Å²) in [5.41, 5.74) is 0.419. The first-order valence-electron chi connectivity index (χ1n) is 12.2. The van der Waals surface area contributed by atoms with Gasteiger partial charge in [0.25, 0.3) is 0 Å². The molecule has 192 valence electrons. The van der Waals surface area contributed by atoms with Crippen molar-refractivity contribution in [2.45, 2.75) is 76.1 Å². The molecule has 1 aromatic rings. The van der Waals surface area contributed by atoms with Gasteiger partial charge in [0.05, 0.1) is 30.8 Å². The zero-order valence-electron chi connectivity index (χ0n) is 21.6. The first-order valence-corrected chi connectivity index (χ1v) is 12.2. The molecule has 0 unspecified atom stereocenters. The Balaban J connectivity index is 0.00000304. The Labute approximate surface area is 232 Å². The Bertz CT molecular complexity index is 1020. The van der Waals surface area contributed by atoms with E-state index in [2.05, 4.69) is 37.2 Å². The topological polar surface area (TPSA) is 135 Å². The minimum atomic E-state index is -1.36. The number of amides is 1. The first kappa shape index (κ1) is 27.5. The van der Waals surface area contributed by atoms with Crippen LogP contribution in [0.1, 0.15) is 50.5 Å². The summed E-state index contributed by atoms with van der Waals surface area (Å²) >= 11 is 0. The number of hydrogen-bond acceptors (Lipinski definition) is 9. The van der Waals surface area contributed by atoms with Gasteiger partial charge < -0.3 is 33.7 Å². The van der Waals surface area contributed by atoms with E-state index in [4.69, 9.17) is 18.9 Å². The average Bonchev–Trinajstić information content (AvgIpc) is 3.63. The van der Waals surface area contributed by atoms with Gasteiger partial charge in [0, 0.05) is 32.7 Å². The second kappa shape index (κ2) is 10.3. The summed E-state index contributed by atoms with van der Waals surface area (Å²) < 4.78 is 25.5. The standard InChI is InChI=1S/C24H34N4O7.Na/c1-14(2)5-6-18-23(3,35-18)20-19(32-4)17(7-8-24(20)13-33-24)34-22(31)27-9-15(10-27)11-28-12-16(21(29)30)25-26-28;/h5,12,15,17-20H,6-11,13H2,1-4H3,(H,29,30);/q;+1/p-1/t17-,18-,19-,20-,23+,24+;/m1./s1. The van der Waals surface area contributed by atoms with Crippen molar-refractivity contribution in [3.8, 4) is 0 Å². The van der Waals surface area contributed by atoms with E-state index in [-0.39, 0.29) is 82.7 Å². The SMILES string of the molecule is CO[C@@H]1[C@H](OC(=O)N2CC(Cn3cc(C(=O)[O-])nn3)C2)CC[C@]2(CO2)[C@H]1[C@@]1(C)O[C@@H]1CC=C(C)C.[Na+]. The number of allylic oxidation sites excluding steroid dienone is 1. The summed E-state index contributed by atoms with van der Waals surface area (Å²) in [6, 6.07) is 0. The molecular formula is C24H33N4NaO7. The Morgan fingerprint density at radius 3 is 2.64 bits per heavy atom. The molecular weight excluding hydrogens is 479 g/mol. The summed E-state index contributed by atoms with van der Waals surface area (Å²) in [6.07, 6.45) is 4.90. The van der Waals surface area contributed by atoms with Crippen LogP contribution < -0.4 is 34.7 Å². The molecule has 4 aliphatic rings. The smallest absolute Gasteiger partial charge is 0.543 e. The molecule has 4 heterocycles. The monoisotopic (exact) mass is 512 g/mol. The van der Waals surface area contributed by atoms with Gasteiger partial charge in [-0.25, -0.2) is 4.79 Å². The first-order chi connectivity index (χ1) is 16.6. The normalized spacial score (nSPS) is 34.9. The van der Waals surface area contributed by atoms with Crippen LogP contribution in [0.2, 0.25) is 0 Å². The van der Waals surface area contributed by atoms with Crippen molar-refractivity contribution in [1.29, 1.82) is 0 Å². The fourth-order valence-corrected chi connectivity index (χ4v) is 5.85. The number of carbonyl (C=O) groups is 2. The molecule has 1 saturated carbocycles. The third kappa shape index (κ3) is 5.23. The van der Waals surface area contributed by atoms with Gasteiger partial charge in [-0.15, -0.1) is 5.10 Å². The molecule has 11 nitrogen and oxygen atoms in total. The molecule has 6 atom stereocenters. The van der Waals surface area contributed by atoms with Crippen LogP contribution in [0.3, 0.4) is 0 Å². The number of carboxylic acid groups (broad SMARTS) is 1. The Hall–Kier alpha value is -1.50. The van der Waals surface area contributed by atoms with Crippen LogP contribution in [0, 0.1) is 11.8 Å².